The van der Waals surface area contributed by atoms with Crippen molar-refractivity contribution in [3.63, 3.8) is 0 Å². The fourth-order valence-corrected chi connectivity index (χ4v) is 4.74. The Morgan fingerprint density at radius 1 is 1.03 bits per heavy atom. The molecule has 1 heterocycles. The van der Waals surface area contributed by atoms with E-state index in [1.165, 1.54) is 24.3 Å². The molecule has 0 aromatic heterocycles. The molecular formula is C23H31N5O5S. The molecule has 0 radical (unpaired) electrons. The van der Waals surface area contributed by atoms with Crippen molar-refractivity contribution in [3.05, 3.63) is 54.1 Å². The van der Waals surface area contributed by atoms with Crippen LogP contribution in [0.2, 0.25) is 0 Å². The molecule has 1 fully saturated rings. The normalized spacial score (nSPS) is 14.7. The lowest BCUT2D eigenvalue weighted by Crippen LogP contribution is -2.50. The molecule has 0 aliphatic carbocycles. The van der Waals surface area contributed by atoms with Crippen molar-refractivity contribution in [1.29, 1.82) is 0 Å². The number of piperazine rings is 1. The van der Waals surface area contributed by atoms with Crippen LogP contribution >= 0.6 is 0 Å². The summed E-state index contributed by atoms with van der Waals surface area (Å²) in [7, 11) is -0.0110. The van der Waals surface area contributed by atoms with Gasteiger partial charge < -0.3 is 20.2 Å². The van der Waals surface area contributed by atoms with E-state index in [0.717, 1.165) is 6.54 Å². The number of carboxylic acid groups (broad SMARTS) is 1. The van der Waals surface area contributed by atoms with Crippen LogP contribution in [0.1, 0.15) is 10.4 Å². The van der Waals surface area contributed by atoms with Gasteiger partial charge >= 0.3 is 5.97 Å². The highest BCUT2D eigenvalue weighted by atomic mass is 32.2. The molecule has 34 heavy (non-hydrogen) atoms. The van der Waals surface area contributed by atoms with Gasteiger partial charge in [0.05, 0.1) is 22.7 Å². The molecule has 11 heteroatoms. The smallest absolute Gasteiger partial charge is 0.337 e. The predicted molar refractivity (Wildman–Crippen MR) is 131 cm³/mol. The van der Waals surface area contributed by atoms with Crippen LogP contribution in [-0.2, 0) is 14.8 Å². The van der Waals surface area contributed by atoms with Crippen molar-refractivity contribution >= 4 is 33.3 Å². The van der Waals surface area contributed by atoms with Crippen molar-refractivity contribution in [2.24, 2.45) is 0 Å². The van der Waals surface area contributed by atoms with E-state index in [2.05, 4.69) is 14.9 Å². The Morgan fingerprint density at radius 3 is 2.32 bits per heavy atom. The molecule has 0 atom stereocenters. The lowest BCUT2D eigenvalue weighted by atomic mass is 10.1. The van der Waals surface area contributed by atoms with E-state index >= 15 is 0 Å². The zero-order chi connectivity index (χ0) is 24.7. The highest BCUT2D eigenvalue weighted by Gasteiger charge is 2.23. The molecule has 10 nitrogen and oxygen atoms in total. The van der Waals surface area contributed by atoms with Crippen molar-refractivity contribution in [2.75, 3.05) is 69.5 Å². The number of likely N-dealkylation sites (N-methyl/N-ethyl adjacent to an activating group) is 1. The molecule has 0 saturated carbocycles. The largest absolute Gasteiger partial charge is 0.478 e. The maximum absolute atomic E-state index is 12.6. The Balaban J connectivity index is 1.63. The van der Waals surface area contributed by atoms with Crippen LogP contribution in [0.15, 0.2) is 53.4 Å². The summed E-state index contributed by atoms with van der Waals surface area (Å²) in [5.74, 6) is -1.24. The van der Waals surface area contributed by atoms with Gasteiger partial charge in [-0.1, -0.05) is 18.2 Å². The van der Waals surface area contributed by atoms with E-state index in [4.69, 9.17) is 0 Å². The average molecular weight is 490 g/mol. The third-order valence-corrected chi connectivity index (χ3v) is 6.90. The van der Waals surface area contributed by atoms with E-state index in [0.29, 0.717) is 45.0 Å². The summed E-state index contributed by atoms with van der Waals surface area (Å²) >= 11 is 0. The van der Waals surface area contributed by atoms with E-state index < -0.39 is 16.0 Å². The highest BCUT2D eigenvalue weighted by molar-refractivity contribution is 7.92. The van der Waals surface area contributed by atoms with Gasteiger partial charge in [-0.15, -0.1) is 0 Å². The molecule has 0 unspecified atom stereocenters. The molecule has 3 N–H and O–H groups in total. The van der Waals surface area contributed by atoms with Crippen LogP contribution in [0.4, 0.5) is 11.4 Å². The molecule has 2 aromatic carbocycles. The predicted octanol–water partition coefficient (Wildman–Crippen LogP) is 0.985. The summed E-state index contributed by atoms with van der Waals surface area (Å²) in [6, 6.07) is 12.5. The summed E-state index contributed by atoms with van der Waals surface area (Å²) < 4.78 is 27.6. The number of nitrogens with zero attached hydrogens (tertiary/aromatic N) is 3. The van der Waals surface area contributed by atoms with Crippen molar-refractivity contribution < 1.29 is 23.1 Å². The van der Waals surface area contributed by atoms with Crippen LogP contribution in [0.25, 0.3) is 0 Å². The number of nitrogens with one attached hydrogen (secondary N) is 2. The minimum atomic E-state index is -3.91. The maximum Gasteiger partial charge on any atom is 0.337 e. The summed E-state index contributed by atoms with van der Waals surface area (Å²) in [4.78, 5) is 30.1. The summed E-state index contributed by atoms with van der Waals surface area (Å²) in [5.41, 5.74) is 0.572. The first-order valence-electron chi connectivity index (χ1n) is 11.0. The number of carbonyl (C=O) groups excluding carboxylic acids is 1. The molecule has 1 amide bonds. The third kappa shape index (κ3) is 6.92. The first kappa shape index (κ1) is 25.5. The second-order valence-electron chi connectivity index (χ2n) is 8.37. The number of hydrogen-bond acceptors (Lipinski definition) is 7. The van der Waals surface area contributed by atoms with Gasteiger partial charge in [0.25, 0.3) is 10.0 Å². The number of hydrogen-bond donors (Lipinski definition) is 3. The van der Waals surface area contributed by atoms with Gasteiger partial charge in [0.2, 0.25) is 5.91 Å². The van der Waals surface area contributed by atoms with Crippen molar-refractivity contribution in [2.45, 2.75) is 4.90 Å². The van der Waals surface area contributed by atoms with Crippen LogP contribution in [0.3, 0.4) is 0 Å². The van der Waals surface area contributed by atoms with Gasteiger partial charge in [0, 0.05) is 45.0 Å². The van der Waals surface area contributed by atoms with E-state index in [1.54, 1.807) is 24.3 Å². The second-order valence-corrected chi connectivity index (χ2v) is 10.1. The molecule has 0 spiro atoms. The van der Waals surface area contributed by atoms with E-state index in [9.17, 15) is 23.1 Å². The molecule has 1 aliphatic heterocycles. The van der Waals surface area contributed by atoms with Gasteiger partial charge in [-0.3, -0.25) is 14.4 Å². The van der Waals surface area contributed by atoms with Crippen molar-refractivity contribution in [3.8, 4) is 0 Å². The van der Waals surface area contributed by atoms with Crippen molar-refractivity contribution in [1.82, 2.24) is 15.1 Å². The molecule has 0 bridgehead atoms. The van der Waals surface area contributed by atoms with Gasteiger partial charge in [0.1, 0.15) is 0 Å². The number of aromatic carboxylic acids is 1. The third-order valence-electron chi connectivity index (χ3n) is 5.52. The minimum Gasteiger partial charge on any atom is -0.478 e. The maximum atomic E-state index is 12.6. The molecule has 1 aliphatic rings. The molecule has 1 saturated heterocycles. The van der Waals surface area contributed by atoms with E-state index in [1.807, 2.05) is 23.9 Å². The Morgan fingerprint density at radius 2 is 1.71 bits per heavy atom. The van der Waals surface area contributed by atoms with Crippen LogP contribution in [0, 0.1) is 0 Å². The topological polar surface area (TPSA) is 122 Å². The average Bonchev–Trinajstić information content (AvgIpc) is 2.80. The second kappa shape index (κ2) is 11.3. The standard InChI is InChI=1S/C23H31N5O5S/c1-26(2)11-10-24-22(29)17-27-12-14-28(15-13-27)18-8-9-21(20(16-18)23(30)31)25-34(32,33)19-6-4-3-5-7-19/h3-9,16,25H,10-15,17H2,1-2H3,(H,24,29)(H,30,31). The lowest BCUT2D eigenvalue weighted by molar-refractivity contribution is -0.122. The monoisotopic (exact) mass is 489 g/mol. The zero-order valence-corrected chi connectivity index (χ0v) is 20.2. The van der Waals surface area contributed by atoms with Crippen LogP contribution < -0.4 is 14.9 Å². The number of amides is 1. The SMILES string of the molecule is CN(C)CCNC(=O)CN1CCN(c2ccc(NS(=O)(=O)c3ccccc3)c(C(=O)O)c2)CC1. The number of anilines is 2. The molecular weight excluding hydrogens is 458 g/mol. The zero-order valence-electron chi connectivity index (χ0n) is 19.4. The highest BCUT2D eigenvalue weighted by Crippen LogP contribution is 2.26. The number of carboxylic acids is 1. The number of benzene rings is 2. The summed E-state index contributed by atoms with van der Waals surface area (Å²) in [5, 5.41) is 12.6. The number of rotatable bonds is 10. The summed E-state index contributed by atoms with van der Waals surface area (Å²) in [6.07, 6.45) is 0. The van der Waals surface area contributed by atoms with Gasteiger partial charge in [-0.05, 0) is 44.4 Å². The Kier molecular flexibility index (Phi) is 8.48. The molecule has 184 valence electrons. The molecule has 2 aromatic rings. The first-order chi connectivity index (χ1) is 16.2. The Labute approximate surface area is 200 Å². The van der Waals surface area contributed by atoms with Gasteiger partial charge in [-0.25, -0.2) is 13.2 Å². The Hall–Kier alpha value is -3.15. The quantitative estimate of drug-likeness (QED) is 0.452. The minimum absolute atomic E-state index is 0.00753. The van der Waals surface area contributed by atoms with Crippen LogP contribution in [0.5, 0.6) is 0 Å². The Bertz CT molecular complexity index is 1100. The van der Waals surface area contributed by atoms with Crippen LogP contribution in [-0.4, -0.2) is 95.1 Å². The summed E-state index contributed by atoms with van der Waals surface area (Å²) in [6.45, 7) is 4.27. The van der Waals surface area contributed by atoms with Gasteiger partial charge in [-0.2, -0.15) is 0 Å². The number of carbonyl (C=O) groups is 2. The number of sulfonamides is 1. The van der Waals surface area contributed by atoms with Gasteiger partial charge in [0.15, 0.2) is 0 Å². The van der Waals surface area contributed by atoms with E-state index in [-0.39, 0.29) is 22.1 Å². The lowest BCUT2D eigenvalue weighted by Gasteiger charge is -2.36. The first-order valence-corrected chi connectivity index (χ1v) is 12.5. The fourth-order valence-electron chi connectivity index (χ4n) is 3.64. The molecule has 3 rings (SSSR count). The fraction of sp³-hybridized carbons (Fsp3) is 0.391.